The predicted molar refractivity (Wildman–Crippen MR) is 87.8 cm³/mol. The van der Waals surface area contributed by atoms with E-state index < -0.39 is 0 Å². The molecule has 21 heavy (non-hydrogen) atoms. The minimum absolute atomic E-state index is 0.326. The lowest BCUT2D eigenvalue weighted by Crippen LogP contribution is -2.34. The first-order valence-corrected chi connectivity index (χ1v) is 8.31. The minimum atomic E-state index is 0.326. The van der Waals surface area contributed by atoms with Crippen LogP contribution in [-0.4, -0.2) is 37.3 Å². The first kappa shape index (κ1) is 16.2. The standard InChI is InChI=1S/C17H29N3O/c1-4-10-18-14(3)16-9-6-11-19-17(16)20(5-2)13-15-8-7-12-21-15/h6,9,11,14-15,18H,4-5,7-8,10,12-13H2,1-3H3. The molecule has 1 fully saturated rings. The fourth-order valence-corrected chi connectivity index (χ4v) is 2.88. The van der Waals surface area contributed by atoms with Crippen molar-refractivity contribution in [2.24, 2.45) is 0 Å². The fraction of sp³-hybridized carbons (Fsp3) is 0.706. The molecule has 1 aliphatic heterocycles. The third-order valence-corrected chi connectivity index (χ3v) is 4.11. The van der Waals surface area contributed by atoms with E-state index in [2.05, 4.69) is 42.0 Å². The number of nitrogens with one attached hydrogen (secondary N) is 1. The number of aromatic nitrogens is 1. The summed E-state index contributed by atoms with van der Waals surface area (Å²) in [5.74, 6) is 1.10. The number of hydrogen-bond donors (Lipinski definition) is 1. The average molecular weight is 291 g/mol. The second kappa shape index (κ2) is 8.35. The van der Waals surface area contributed by atoms with Gasteiger partial charge in [-0.2, -0.15) is 0 Å². The summed E-state index contributed by atoms with van der Waals surface area (Å²) in [6.45, 7) is 10.5. The molecule has 1 aliphatic rings. The van der Waals surface area contributed by atoms with Gasteiger partial charge in [0.15, 0.2) is 0 Å². The molecule has 0 radical (unpaired) electrons. The largest absolute Gasteiger partial charge is 0.376 e. The van der Waals surface area contributed by atoms with Gasteiger partial charge in [0.25, 0.3) is 0 Å². The van der Waals surface area contributed by atoms with Gasteiger partial charge in [0, 0.05) is 37.5 Å². The molecular formula is C17H29N3O. The smallest absolute Gasteiger partial charge is 0.133 e. The molecule has 0 aromatic carbocycles. The highest BCUT2D eigenvalue weighted by Gasteiger charge is 2.22. The van der Waals surface area contributed by atoms with Crippen LogP contribution in [0.3, 0.4) is 0 Å². The van der Waals surface area contributed by atoms with Crippen LogP contribution in [-0.2, 0) is 4.74 Å². The monoisotopic (exact) mass is 291 g/mol. The Morgan fingerprint density at radius 2 is 2.33 bits per heavy atom. The molecule has 4 heteroatoms. The zero-order valence-corrected chi connectivity index (χ0v) is 13.6. The maximum atomic E-state index is 5.79. The van der Waals surface area contributed by atoms with Gasteiger partial charge < -0.3 is 15.0 Å². The average Bonchev–Trinajstić information content (AvgIpc) is 3.03. The maximum Gasteiger partial charge on any atom is 0.133 e. The molecule has 1 aromatic rings. The van der Waals surface area contributed by atoms with Crippen LogP contribution in [0.4, 0.5) is 5.82 Å². The number of ether oxygens (including phenoxy) is 1. The lowest BCUT2D eigenvalue weighted by atomic mass is 10.1. The normalized spacial score (nSPS) is 19.7. The van der Waals surface area contributed by atoms with Crippen LogP contribution in [0.15, 0.2) is 18.3 Å². The number of rotatable bonds is 8. The van der Waals surface area contributed by atoms with Crippen molar-refractivity contribution in [2.45, 2.75) is 52.2 Å². The first-order chi connectivity index (χ1) is 10.3. The lowest BCUT2D eigenvalue weighted by Gasteiger charge is -2.28. The zero-order valence-electron chi connectivity index (χ0n) is 13.6. The SMILES string of the molecule is CCCNC(C)c1cccnc1N(CC)CC1CCCO1. The topological polar surface area (TPSA) is 37.4 Å². The highest BCUT2D eigenvalue weighted by Crippen LogP contribution is 2.25. The second-order valence-electron chi connectivity index (χ2n) is 5.77. The van der Waals surface area contributed by atoms with Gasteiger partial charge in [-0.05, 0) is 45.7 Å². The van der Waals surface area contributed by atoms with Gasteiger partial charge in [0.05, 0.1) is 6.10 Å². The predicted octanol–water partition coefficient (Wildman–Crippen LogP) is 3.15. The van der Waals surface area contributed by atoms with E-state index in [1.807, 2.05) is 12.3 Å². The highest BCUT2D eigenvalue weighted by atomic mass is 16.5. The summed E-state index contributed by atoms with van der Waals surface area (Å²) in [5, 5.41) is 3.56. The highest BCUT2D eigenvalue weighted by molar-refractivity contribution is 5.48. The Hall–Kier alpha value is -1.13. The van der Waals surface area contributed by atoms with Crippen molar-refractivity contribution in [3.63, 3.8) is 0 Å². The van der Waals surface area contributed by atoms with E-state index in [4.69, 9.17) is 4.74 Å². The van der Waals surface area contributed by atoms with Gasteiger partial charge in [-0.1, -0.05) is 13.0 Å². The molecule has 1 aromatic heterocycles. The molecule has 2 unspecified atom stereocenters. The van der Waals surface area contributed by atoms with Crippen molar-refractivity contribution in [3.8, 4) is 0 Å². The third kappa shape index (κ3) is 4.42. The summed E-state index contributed by atoms with van der Waals surface area (Å²) in [6, 6.07) is 4.55. The molecule has 0 aliphatic carbocycles. The molecule has 4 nitrogen and oxygen atoms in total. The van der Waals surface area contributed by atoms with E-state index in [9.17, 15) is 0 Å². The summed E-state index contributed by atoms with van der Waals surface area (Å²) in [6.07, 6.45) is 5.75. The zero-order chi connectivity index (χ0) is 15.1. The molecule has 1 saturated heterocycles. The number of anilines is 1. The number of pyridine rings is 1. The molecule has 0 saturated carbocycles. The minimum Gasteiger partial charge on any atom is -0.376 e. The molecule has 118 valence electrons. The molecule has 0 bridgehead atoms. The van der Waals surface area contributed by atoms with E-state index >= 15 is 0 Å². The van der Waals surface area contributed by atoms with E-state index in [-0.39, 0.29) is 0 Å². The van der Waals surface area contributed by atoms with Crippen molar-refractivity contribution < 1.29 is 4.74 Å². The van der Waals surface area contributed by atoms with Gasteiger partial charge in [-0.3, -0.25) is 0 Å². The van der Waals surface area contributed by atoms with Crippen molar-refractivity contribution in [2.75, 3.05) is 31.1 Å². The third-order valence-electron chi connectivity index (χ3n) is 4.11. The molecular weight excluding hydrogens is 262 g/mol. The van der Waals surface area contributed by atoms with E-state index in [1.165, 1.54) is 18.4 Å². The Kier molecular flexibility index (Phi) is 6.46. The summed E-state index contributed by atoms with van der Waals surface area (Å²) < 4.78 is 5.79. The van der Waals surface area contributed by atoms with Crippen LogP contribution in [0.5, 0.6) is 0 Å². The number of hydrogen-bond acceptors (Lipinski definition) is 4. The van der Waals surface area contributed by atoms with Crippen molar-refractivity contribution in [1.29, 1.82) is 0 Å². The van der Waals surface area contributed by atoms with Gasteiger partial charge in [0.2, 0.25) is 0 Å². The molecule has 2 rings (SSSR count). The second-order valence-corrected chi connectivity index (χ2v) is 5.77. The Bertz CT molecular complexity index is 418. The van der Waals surface area contributed by atoms with E-state index in [1.54, 1.807) is 0 Å². The summed E-state index contributed by atoms with van der Waals surface area (Å²) in [5.41, 5.74) is 1.28. The van der Waals surface area contributed by atoms with Crippen LogP contribution in [0, 0.1) is 0 Å². The first-order valence-electron chi connectivity index (χ1n) is 8.31. The van der Waals surface area contributed by atoms with E-state index in [0.717, 1.165) is 38.5 Å². The Balaban J connectivity index is 2.11. The quantitative estimate of drug-likeness (QED) is 0.798. The van der Waals surface area contributed by atoms with Gasteiger partial charge in [0.1, 0.15) is 5.82 Å². The summed E-state index contributed by atoms with van der Waals surface area (Å²) in [4.78, 5) is 7.01. The number of likely N-dealkylation sites (N-methyl/N-ethyl adjacent to an activating group) is 1. The van der Waals surface area contributed by atoms with Crippen molar-refractivity contribution in [1.82, 2.24) is 10.3 Å². The lowest BCUT2D eigenvalue weighted by molar-refractivity contribution is 0.115. The fourth-order valence-electron chi connectivity index (χ4n) is 2.88. The Labute approximate surface area is 128 Å². The molecule has 0 amide bonds. The molecule has 1 N–H and O–H groups in total. The Morgan fingerprint density at radius 3 is 3.00 bits per heavy atom. The van der Waals surface area contributed by atoms with Crippen LogP contribution >= 0.6 is 0 Å². The van der Waals surface area contributed by atoms with Gasteiger partial charge in [-0.25, -0.2) is 4.98 Å². The molecule has 2 atom stereocenters. The molecule has 2 heterocycles. The molecule has 0 spiro atoms. The van der Waals surface area contributed by atoms with Crippen LogP contribution in [0.1, 0.15) is 51.6 Å². The van der Waals surface area contributed by atoms with Crippen molar-refractivity contribution >= 4 is 5.82 Å². The summed E-state index contributed by atoms with van der Waals surface area (Å²) >= 11 is 0. The van der Waals surface area contributed by atoms with Crippen molar-refractivity contribution in [3.05, 3.63) is 23.9 Å². The Morgan fingerprint density at radius 1 is 1.48 bits per heavy atom. The van der Waals surface area contributed by atoms with Gasteiger partial charge >= 0.3 is 0 Å². The van der Waals surface area contributed by atoms with Crippen LogP contribution in [0.2, 0.25) is 0 Å². The maximum absolute atomic E-state index is 5.79. The van der Waals surface area contributed by atoms with Crippen LogP contribution < -0.4 is 10.2 Å². The van der Waals surface area contributed by atoms with E-state index in [0.29, 0.717) is 12.1 Å². The summed E-state index contributed by atoms with van der Waals surface area (Å²) in [7, 11) is 0. The van der Waals surface area contributed by atoms with Gasteiger partial charge in [-0.15, -0.1) is 0 Å². The number of nitrogens with zero attached hydrogens (tertiary/aromatic N) is 2. The van der Waals surface area contributed by atoms with Crippen LogP contribution in [0.25, 0.3) is 0 Å².